The van der Waals surface area contributed by atoms with Crippen LogP contribution in [-0.2, 0) is 9.59 Å². The lowest BCUT2D eigenvalue weighted by atomic mass is 10.1. The molecule has 2 aromatic rings. The molecule has 1 heterocycles. The van der Waals surface area contributed by atoms with Crippen LogP contribution in [0.15, 0.2) is 54.1 Å². The number of hydrogen-bond donors (Lipinski definition) is 1. The van der Waals surface area contributed by atoms with Crippen molar-refractivity contribution in [3.63, 3.8) is 0 Å². The Morgan fingerprint density at radius 3 is 2.29 bits per heavy atom. The van der Waals surface area contributed by atoms with Gasteiger partial charge in [0.05, 0.1) is 17.2 Å². The van der Waals surface area contributed by atoms with Gasteiger partial charge in [-0.25, -0.2) is 9.69 Å². The molecule has 1 N–H and O–H groups in total. The highest BCUT2D eigenvalue weighted by Crippen LogP contribution is 2.24. The van der Waals surface area contributed by atoms with Crippen molar-refractivity contribution in [1.82, 2.24) is 5.32 Å². The molecule has 0 spiro atoms. The maximum Gasteiger partial charge on any atom is 0.335 e. The number of urea groups is 1. The van der Waals surface area contributed by atoms with Crippen molar-refractivity contribution in [1.29, 1.82) is 0 Å². The molecule has 28 heavy (non-hydrogen) atoms. The van der Waals surface area contributed by atoms with Gasteiger partial charge in [0, 0.05) is 12.1 Å². The van der Waals surface area contributed by atoms with Crippen molar-refractivity contribution in [3.05, 3.63) is 69.8 Å². The van der Waals surface area contributed by atoms with Gasteiger partial charge in [-0.1, -0.05) is 12.1 Å². The molecule has 1 aliphatic rings. The number of nitrogens with one attached hydrogen (secondary N) is 1. The van der Waals surface area contributed by atoms with Gasteiger partial charge in [0.15, 0.2) is 0 Å². The quantitative estimate of drug-likeness (QED) is 0.368. The third-order valence-corrected chi connectivity index (χ3v) is 3.92. The molecule has 0 radical (unpaired) electrons. The summed E-state index contributed by atoms with van der Waals surface area (Å²) in [5, 5.41) is 12.9. The summed E-state index contributed by atoms with van der Waals surface area (Å²) < 4.78 is 5.34. The Morgan fingerprint density at radius 2 is 1.71 bits per heavy atom. The monoisotopic (exact) mass is 381 g/mol. The van der Waals surface area contributed by atoms with Crippen LogP contribution in [-0.4, -0.2) is 29.4 Å². The summed E-state index contributed by atoms with van der Waals surface area (Å²) >= 11 is 0. The molecule has 0 aliphatic carbocycles. The lowest BCUT2D eigenvalue weighted by Crippen LogP contribution is -2.54. The number of benzene rings is 2. The fraction of sp³-hybridized carbons (Fsp3) is 0.105. The van der Waals surface area contributed by atoms with E-state index in [0.717, 1.165) is 4.90 Å². The number of imide groups is 2. The lowest BCUT2D eigenvalue weighted by Gasteiger charge is -2.26. The Hall–Kier alpha value is -4.01. The number of carbonyl (C=O) groups excluding carboxylic acids is 3. The zero-order valence-corrected chi connectivity index (χ0v) is 14.7. The first kappa shape index (κ1) is 18.8. The molecule has 1 fully saturated rings. The summed E-state index contributed by atoms with van der Waals surface area (Å²) in [5.41, 5.74) is 0.259. The fourth-order valence-electron chi connectivity index (χ4n) is 2.61. The van der Waals surface area contributed by atoms with Crippen molar-refractivity contribution >= 4 is 35.3 Å². The third-order valence-electron chi connectivity index (χ3n) is 3.92. The first-order valence-corrected chi connectivity index (χ1v) is 8.29. The maximum atomic E-state index is 12.8. The predicted molar refractivity (Wildman–Crippen MR) is 99.7 cm³/mol. The van der Waals surface area contributed by atoms with Crippen molar-refractivity contribution in [2.24, 2.45) is 0 Å². The molecule has 0 aromatic heterocycles. The largest absolute Gasteiger partial charge is 0.494 e. The van der Waals surface area contributed by atoms with Gasteiger partial charge in [0.2, 0.25) is 0 Å². The second-order valence-corrected chi connectivity index (χ2v) is 5.73. The van der Waals surface area contributed by atoms with E-state index in [2.05, 4.69) is 5.32 Å². The SMILES string of the molecule is CCOc1ccc(/C=C2\C(=O)NC(=O)N(c3ccc([N+](=O)[O-])cc3)C2=O)cc1. The molecule has 3 rings (SSSR count). The van der Waals surface area contributed by atoms with Gasteiger partial charge < -0.3 is 4.74 Å². The normalized spacial score (nSPS) is 15.5. The fourth-order valence-corrected chi connectivity index (χ4v) is 2.61. The van der Waals surface area contributed by atoms with Crippen LogP contribution in [0.5, 0.6) is 5.75 Å². The number of rotatable bonds is 5. The number of amides is 4. The Balaban J connectivity index is 1.92. The predicted octanol–water partition coefficient (Wildman–Crippen LogP) is 2.66. The Kier molecular flexibility index (Phi) is 5.16. The molecular weight excluding hydrogens is 366 g/mol. The molecule has 142 valence electrons. The molecule has 9 heteroatoms. The highest BCUT2D eigenvalue weighted by molar-refractivity contribution is 6.39. The number of nitrogens with zero attached hydrogens (tertiary/aromatic N) is 2. The number of non-ortho nitro benzene ring substituents is 1. The van der Waals surface area contributed by atoms with E-state index in [0.29, 0.717) is 17.9 Å². The van der Waals surface area contributed by atoms with Crippen LogP contribution in [0.4, 0.5) is 16.2 Å². The van der Waals surface area contributed by atoms with Gasteiger partial charge in [0.1, 0.15) is 11.3 Å². The zero-order chi connectivity index (χ0) is 20.3. The van der Waals surface area contributed by atoms with Crippen LogP contribution in [0.25, 0.3) is 6.08 Å². The average Bonchev–Trinajstić information content (AvgIpc) is 2.67. The molecule has 9 nitrogen and oxygen atoms in total. The van der Waals surface area contributed by atoms with Gasteiger partial charge in [0.25, 0.3) is 17.5 Å². The molecule has 0 atom stereocenters. The van der Waals surface area contributed by atoms with E-state index in [1.54, 1.807) is 24.3 Å². The summed E-state index contributed by atoms with van der Waals surface area (Å²) in [7, 11) is 0. The van der Waals surface area contributed by atoms with Crippen molar-refractivity contribution < 1.29 is 24.0 Å². The first-order chi connectivity index (χ1) is 13.4. The van der Waals surface area contributed by atoms with E-state index in [-0.39, 0.29) is 16.9 Å². The van der Waals surface area contributed by atoms with Crippen LogP contribution in [0, 0.1) is 10.1 Å². The van der Waals surface area contributed by atoms with Crippen molar-refractivity contribution in [2.45, 2.75) is 6.92 Å². The van der Waals surface area contributed by atoms with Crippen molar-refractivity contribution in [2.75, 3.05) is 11.5 Å². The summed E-state index contributed by atoms with van der Waals surface area (Å²) in [4.78, 5) is 48.0. The van der Waals surface area contributed by atoms with E-state index < -0.39 is 22.8 Å². The summed E-state index contributed by atoms with van der Waals surface area (Å²) in [5.74, 6) is -0.995. The summed E-state index contributed by atoms with van der Waals surface area (Å²) in [6.07, 6.45) is 1.36. The number of hydrogen-bond acceptors (Lipinski definition) is 6. The second kappa shape index (κ2) is 7.70. The Bertz CT molecular complexity index is 980. The summed E-state index contributed by atoms with van der Waals surface area (Å²) in [6.45, 7) is 2.36. The number of anilines is 1. The molecule has 4 amide bonds. The van der Waals surface area contributed by atoms with E-state index in [4.69, 9.17) is 4.74 Å². The van der Waals surface area contributed by atoms with Gasteiger partial charge in [-0.15, -0.1) is 0 Å². The number of nitro groups is 1. The van der Waals surface area contributed by atoms with Crippen LogP contribution in [0.2, 0.25) is 0 Å². The smallest absolute Gasteiger partial charge is 0.335 e. The van der Waals surface area contributed by atoms with Crippen LogP contribution in [0.1, 0.15) is 12.5 Å². The van der Waals surface area contributed by atoms with Gasteiger partial charge in [-0.2, -0.15) is 0 Å². The molecule has 0 bridgehead atoms. The Morgan fingerprint density at radius 1 is 1.07 bits per heavy atom. The number of carbonyl (C=O) groups is 3. The minimum absolute atomic E-state index is 0.109. The van der Waals surface area contributed by atoms with Gasteiger partial charge >= 0.3 is 6.03 Å². The van der Waals surface area contributed by atoms with Crippen LogP contribution < -0.4 is 15.0 Å². The van der Waals surface area contributed by atoms with Crippen molar-refractivity contribution in [3.8, 4) is 5.75 Å². The van der Waals surface area contributed by atoms with E-state index in [1.807, 2.05) is 6.92 Å². The summed E-state index contributed by atoms with van der Waals surface area (Å²) in [6, 6.07) is 10.7. The molecule has 1 aliphatic heterocycles. The molecular formula is C19H15N3O6. The number of nitro benzene ring substituents is 1. The second-order valence-electron chi connectivity index (χ2n) is 5.73. The molecule has 0 unspecified atom stereocenters. The minimum Gasteiger partial charge on any atom is -0.494 e. The van der Waals surface area contributed by atoms with E-state index >= 15 is 0 Å². The third kappa shape index (κ3) is 3.73. The topological polar surface area (TPSA) is 119 Å². The zero-order valence-electron chi connectivity index (χ0n) is 14.7. The average molecular weight is 381 g/mol. The van der Waals surface area contributed by atoms with Gasteiger partial charge in [-0.3, -0.25) is 25.0 Å². The van der Waals surface area contributed by atoms with Crippen LogP contribution in [0.3, 0.4) is 0 Å². The molecule has 1 saturated heterocycles. The first-order valence-electron chi connectivity index (χ1n) is 8.29. The van der Waals surface area contributed by atoms with Gasteiger partial charge in [-0.05, 0) is 42.8 Å². The molecule has 2 aromatic carbocycles. The van der Waals surface area contributed by atoms with E-state index in [1.165, 1.54) is 30.3 Å². The maximum absolute atomic E-state index is 12.8. The lowest BCUT2D eigenvalue weighted by molar-refractivity contribution is -0.384. The van der Waals surface area contributed by atoms with E-state index in [9.17, 15) is 24.5 Å². The number of barbiturate groups is 1. The Labute approximate surface area is 159 Å². The number of ether oxygens (including phenoxy) is 1. The standard InChI is InChI=1S/C19H15N3O6/c1-2-28-15-9-3-12(4-10-15)11-16-17(23)20-19(25)21(18(16)24)13-5-7-14(8-6-13)22(26)27/h3-11H,2H2,1H3,(H,20,23,25)/b16-11+. The molecule has 0 saturated carbocycles. The minimum atomic E-state index is -0.923. The highest BCUT2D eigenvalue weighted by atomic mass is 16.6. The van der Waals surface area contributed by atoms with Crippen LogP contribution >= 0.6 is 0 Å². The highest BCUT2D eigenvalue weighted by Gasteiger charge is 2.36.